The van der Waals surface area contributed by atoms with E-state index in [2.05, 4.69) is 25.2 Å². The lowest BCUT2D eigenvalue weighted by Gasteiger charge is -2.36. The van der Waals surface area contributed by atoms with Crippen LogP contribution in [0.4, 0.5) is 5.82 Å². The molecule has 0 N–H and O–H groups in total. The van der Waals surface area contributed by atoms with Gasteiger partial charge in [0.1, 0.15) is 6.33 Å². The van der Waals surface area contributed by atoms with Gasteiger partial charge in [0.2, 0.25) is 5.91 Å². The first-order valence-electron chi connectivity index (χ1n) is 8.28. The Balaban J connectivity index is 1.47. The van der Waals surface area contributed by atoms with E-state index in [1.54, 1.807) is 11.0 Å². The molecular weight excluding hydrogens is 294 g/mol. The predicted molar refractivity (Wildman–Crippen MR) is 84.9 cm³/mol. The van der Waals surface area contributed by atoms with Gasteiger partial charge in [-0.15, -0.1) is 5.10 Å². The van der Waals surface area contributed by atoms with Gasteiger partial charge in [-0.1, -0.05) is 18.1 Å². The first kappa shape index (κ1) is 14.3. The van der Waals surface area contributed by atoms with Crippen molar-refractivity contribution in [1.29, 1.82) is 0 Å². The molecule has 1 aliphatic carbocycles. The van der Waals surface area contributed by atoms with Gasteiger partial charge < -0.3 is 9.80 Å². The van der Waals surface area contributed by atoms with Crippen LogP contribution in [0.1, 0.15) is 25.7 Å². The molecule has 1 amide bonds. The highest BCUT2D eigenvalue weighted by Crippen LogP contribution is 2.27. The number of piperazine rings is 1. The summed E-state index contributed by atoms with van der Waals surface area (Å²) in [6.07, 6.45) is 6.07. The van der Waals surface area contributed by atoms with Gasteiger partial charge in [-0.3, -0.25) is 4.79 Å². The number of anilines is 1. The van der Waals surface area contributed by atoms with Crippen LogP contribution in [0.3, 0.4) is 0 Å². The molecule has 1 aliphatic heterocycles. The van der Waals surface area contributed by atoms with E-state index in [9.17, 15) is 4.79 Å². The molecule has 23 heavy (non-hydrogen) atoms. The minimum Gasteiger partial charge on any atom is -0.351 e. The van der Waals surface area contributed by atoms with Crippen molar-refractivity contribution in [1.82, 2.24) is 29.9 Å². The van der Waals surface area contributed by atoms with Crippen LogP contribution in [0, 0.1) is 5.92 Å². The number of amides is 1. The molecule has 2 aromatic rings. The average Bonchev–Trinajstić information content (AvgIpc) is 3.25. The molecule has 3 heterocycles. The third kappa shape index (κ3) is 2.51. The average molecular weight is 315 g/mol. The van der Waals surface area contributed by atoms with Gasteiger partial charge in [0.25, 0.3) is 0 Å². The molecule has 0 bridgehead atoms. The zero-order valence-corrected chi connectivity index (χ0v) is 13.4. The molecule has 0 atom stereocenters. The van der Waals surface area contributed by atoms with Crippen molar-refractivity contribution in [2.75, 3.05) is 31.1 Å². The number of hydrogen-bond donors (Lipinski definition) is 0. The summed E-state index contributed by atoms with van der Waals surface area (Å²) in [6.45, 7) is 3.06. The summed E-state index contributed by atoms with van der Waals surface area (Å²) in [4.78, 5) is 25.3. The minimum atomic E-state index is 0.257. The number of nitrogens with zero attached hydrogens (tertiary/aromatic N) is 7. The topological polar surface area (TPSA) is 80.0 Å². The Hall–Kier alpha value is -2.25. The van der Waals surface area contributed by atoms with Crippen LogP contribution in [-0.4, -0.2) is 61.9 Å². The zero-order chi connectivity index (χ0) is 15.8. The van der Waals surface area contributed by atoms with E-state index in [1.165, 1.54) is 12.8 Å². The van der Waals surface area contributed by atoms with Crippen molar-refractivity contribution in [3.05, 3.63) is 6.33 Å². The first-order chi connectivity index (χ1) is 11.2. The predicted octanol–water partition coefficient (Wildman–Crippen LogP) is 0.597. The van der Waals surface area contributed by atoms with Gasteiger partial charge in [0, 0.05) is 39.1 Å². The summed E-state index contributed by atoms with van der Waals surface area (Å²) >= 11 is 0. The number of carbonyl (C=O) groups is 1. The van der Waals surface area contributed by atoms with E-state index in [4.69, 9.17) is 0 Å². The van der Waals surface area contributed by atoms with Crippen LogP contribution >= 0.6 is 0 Å². The molecular formula is C15H21N7O. The number of hydrogen-bond acceptors (Lipinski definition) is 6. The minimum absolute atomic E-state index is 0.257. The Bertz CT molecular complexity index is 714. The van der Waals surface area contributed by atoms with E-state index < -0.39 is 0 Å². The van der Waals surface area contributed by atoms with Crippen LogP contribution < -0.4 is 4.90 Å². The summed E-state index contributed by atoms with van der Waals surface area (Å²) < 4.78 is 1.65. The Morgan fingerprint density at radius 3 is 2.61 bits per heavy atom. The lowest BCUT2D eigenvalue weighted by molar-refractivity contribution is -0.135. The first-order valence-corrected chi connectivity index (χ1v) is 8.28. The molecule has 8 nitrogen and oxygen atoms in total. The third-order valence-electron chi connectivity index (χ3n) is 4.96. The second kappa shape index (κ2) is 5.75. The fourth-order valence-electron chi connectivity index (χ4n) is 3.64. The van der Waals surface area contributed by atoms with Crippen LogP contribution in [-0.2, 0) is 11.8 Å². The number of aromatic nitrogens is 5. The molecule has 0 aromatic carbocycles. The summed E-state index contributed by atoms with van der Waals surface area (Å²) in [5.74, 6) is 1.41. The number of rotatable bonds is 2. The largest absolute Gasteiger partial charge is 0.351 e. The van der Waals surface area contributed by atoms with Gasteiger partial charge >= 0.3 is 0 Å². The maximum absolute atomic E-state index is 12.5. The molecule has 2 fully saturated rings. The summed E-state index contributed by atoms with van der Waals surface area (Å²) in [6, 6.07) is 0. The Morgan fingerprint density at radius 2 is 1.87 bits per heavy atom. The van der Waals surface area contributed by atoms with Crippen LogP contribution in [0.2, 0.25) is 0 Å². The molecule has 1 saturated heterocycles. The molecule has 0 unspecified atom stereocenters. The highest BCUT2D eigenvalue weighted by Gasteiger charge is 2.30. The van der Waals surface area contributed by atoms with E-state index in [-0.39, 0.29) is 5.92 Å². The Kier molecular flexibility index (Phi) is 3.59. The maximum Gasteiger partial charge on any atom is 0.225 e. The number of fused-ring (bicyclic) bond motifs is 1. The van der Waals surface area contributed by atoms with Crippen LogP contribution in [0.25, 0.3) is 11.2 Å². The molecule has 1 saturated carbocycles. The quantitative estimate of drug-likeness (QED) is 0.807. The lowest BCUT2D eigenvalue weighted by atomic mass is 10.1. The fraction of sp³-hybridized carbons (Fsp3) is 0.667. The number of aryl methyl sites for hydroxylation is 1. The third-order valence-corrected chi connectivity index (χ3v) is 4.96. The van der Waals surface area contributed by atoms with E-state index in [0.29, 0.717) is 5.91 Å². The summed E-state index contributed by atoms with van der Waals surface area (Å²) in [5, 5.41) is 8.20. The standard InChI is InChI=1S/C15H21N7O/c1-20-13-12(18-19-20)14(17-10-16-13)21-6-8-22(9-7-21)15(23)11-4-2-3-5-11/h10-11H,2-9H2,1H3. The summed E-state index contributed by atoms with van der Waals surface area (Å²) in [7, 11) is 1.82. The Morgan fingerprint density at radius 1 is 1.13 bits per heavy atom. The van der Waals surface area contributed by atoms with Crippen LogP contribution in [0.5, 0.6) is 0 Å². The van der Waals surface area contributed by atoms with Crippen molar-refractivity contribution in [2.45, 2.75) is 25.7 Å². The van der Waals surface area contributed by atoms with Gasteiger partial charge in [-0.2, -0.15) is 0 Å². The molecule has 2 aromatic heterocycles. The molecule has 8 heteroatoms. The normalized spacial score (nSPS) is 19.7. The second-order valence-corrected chi connectivity index (χ2v) is 6.38. The van der Waals surface area contributed by atoms with Crippen molar-refractivity contribution in [2.24, 2.45) is 13.0 Å². The monoisotopic (exact) mass is 315 g/mol. The molecule has 2 aliphatic rings. The van der Waals surface area contributed by atoms with Crippen molar-refractivity contribution in [3.8, 4) is 0 Å². The lowest BCUT2D eigenvalue weighted by Crippen LogP contribution is -2.50. The molecule has 122 valence electrons. The van der Waals surface area contributed by atoms with E-state index >= 15 is 0 Å². The smallest absolute Gasteiger partial charge is 0.225 e. The zero-order valence-electron chi connectivity index (χ0n) is 13.4. The SMILES string of the molecule is Cn1nnc2c(N3CCN(C(=O)C4CCCC4)CC3)ncnc21. The number of carbonyl (C=O) groups excluding carboxylic acids is 1. The highest BCUT2D eigenvalue weighted by molar-refractivity contribution is 5.83. The Labute approximate surface area is 134 Å². The maximum atomic E-state index is 12.5. The van der Waals surface area contributed by atoms with Gasteiger partial charge in [-0.05, 0) is 12.8 Å². The molecule has 4 rings (SSSR count). The molecule has 0 radical (unpaired) electrons. The highest BCUT2D eigenvalue weighted by atomic mass is 16.2. The van der Waals surface area contributed by atoms with Gasteiger partial charge in [0.05, 0.1) is 0 Å². The molecule has 0 spiro atoms. The second-order valence-electron chi connectivity index (χ2n) is 6.38. The van der Waals surface area contributed by atoms with Crippen LogP contribution in [0.15, 0.2) is 6.33 Å². The fourth-order valence-corrected chi connectivity index (χ4v) is 3.64. The van der Waals surface area contributed by atoms with Crippen molar-refractivity contribution < 1.29 is 4.79 Å². The van der Waals surface area contributed by atoms with Crippen molar-refractivity contribution in [3.63, 3.8) is 0 Å². The summed E-state index contributed by atoms with van der Waals surface area (Å²) in [5.41, 5.74) is 1.46. The van der Waals surface area contributed by atoms with E-state index in [0.717, 1.165) is 56.0 Å². The van der Waals surface area contributed by atoms with Gasteiger partial charge in [0.15, 0.2) is 17.0 Å². The van der Waals surface area contributed by atoms with Crippen molar-refractivity contribution >= 4 is 22.9 Å². The van der Waals surface area contributed by atoms with Gasteiger partial charge in [-0.25, -0.2) is 14.6 Å². The van der Waals surface area contributed by atoms with E-state index in [1.807, 2.05) is 11.9 Å².